The molecule has 118 valence electrons. The van der Waals surface area contributed by atoms with Gasteiger partial charge in [-0.2, -0.15) is 0 Å². The highest BCUT2D eigenvalue weighted by atomic mass is 32.2. The van der Waals surface area contributed by atoms with E-state index in [1.807, 2.05) is 0 Å². The Morgan fingerprint density at radius 1 is 1.36 bits per heavy atom. The van der Waals surface area contributed by atoms with Crippen molar-refractivity contribution in [2.45, 2.75) is 24.3 Å². The first-order chi connectivity index (χ1) is 10.5. The molecule has 0 radical (unpaired) electrons. The summed E-state index contributed by atoms with van der Waals surface area (Å²) in [5.41, 5.74) is 0.747. The Hall–Kier alpha value is -1.73. The first-order valence-corrected chi connectivity index (χ1v) is 9.19. The number of morpholine rings is 1. The van der Waals surface area contributed by atoms with E-state index in [1.54, 1.807) is 18.2 Å². The predicted octanol–water partition coefficient (Wildman–Crippen LogP) is 1.65. The number of fused-ring (bicyclic) bond motifs is 1. The molecule has 2 aromatic rings. The first kappa shape index (κ1) is 15.2. The molecule has 22 heavy (non-hydrogen) atoms. The Balaban J connectivity index is 2.09. The zero-order chi connectivity index (χ0) is 15.7. The molecule has 1 atom stereocenters. The molecular formula is C15H19N3O3S. The highest BCUT2D eigenvalue weighted by Crippen LogP contribution is 2.27. The number of rotatable bonds is 3. The van der Waals surface area contributed by atoms with E-state index in [9.17, 15) is 8.42 Å². The minimum absolute atomic E-state index is 0.178. The summed E-state index contributed by atoms with van der Waals surface area (Å²) in [6.07, 6.45) is 3.85. The number of nitrogens with zero attached hydrogens (tertiary/aromatic N) is 3. The van der Waals surface area contributed by atoms with Crippen LogP contribution in [0.15, 0.2) is 29.4 Å². The number of anilines is 1. The average molecular weight is 321 g/mol. The summed E-state index contributed by atoms with van der Waals surface area (Å²) in [5.74, 6) is 0.775. The molecule has 1 aromatic heterocycles. The number of aromatic nitrogens is 2. The normalized spacial score (nSPS) is 19.5. The van der Waals surface area contributed by atoms with Gasteiger partial charge in [-0.15, -0.1) is 0 Å². The Kier molecular flexibility index (Phi) is 4.01. The van der Waals surface area contributed by atoms with Crippen LogP contribution in [0.1, 0.15) is 13.3 Å². The van der Waals surface area contributed by atoms with Crippen LogP contribution in [0.5, 0.6) is 0 Å². The second-order valence-electron chi connectivity index (χ2n) is 5.50. The van der Waals surface area contributed by atoms with Crippen LogP contribution < -0.4 is 4.90 Å². The van der Waals surface area contributed by atoms with Gasteiger partial charge in [-0.3, -0.25) is 0 Å². The predicted molar refractivity (Wildman–Crippen MR) is 84.9 cm³/mol. The topological polar surface area (TPSA) is 72.4 Å². The van der Waals surface area contributed by atoms with E-state index in [2.05, 4.69) is 21.8 Å². The Labute approximate surface area is 130 Å². The number of ether oxygens (including phenoxy) is 1. The first-order valence-electron chi connectivity index (χ1n) is 7.30. The van der Waals surface area contributed by atoms with E-state index in [-0.39, 0.29) is 11.0 Å². The molecule has 1 aromatic carbocycles. The number of benzene rings is 1. The standard InChI is InChI=1S/C15H19N3O3S/c1-3-11-9-18(6-7-21-11)15-13-8-12(22(2,19)20)4-5-14(13)16-10-17-15/h4-5,8,10-11H,3,6-7,9H2,1-2H3. The smallest absolute Gasteiger partial charge is 0.175 e. The maximum atomic E-state index is 11.8. The highest BCUT2D eigenvalue weighted by molar-refractivity contribution is 7.90. The Morgan fingerprint density at radius 2 is 2.18 bits per heavy atom. The van der Waals surface area contributed by atoms with Crippen molar-refractivity contribution in [1.29, 1.82) is 0 Å². The summed E-state index contributed by atoms with van der Waals surface area (Å²) >= 11 is 0. The molecule has 0 amide bonds. The molecule has 0 N–H and O–H groups in total. The molecule has 7 heteroatoms. The van der Waals surface area contributed by atoms with Crippen LogP contribution in [-0.4, -0.2) is 50.4 Å². The molecule has 3 rings (SSSR count). The van der Waals surface area contributed by atoms with Gasteiger partial charge in [0.25, 0.3) is 0 Å². The van der Waals surface area contributed by atoms with E-state index in [4.69, 9.17) is 4.74 Å². The third kappa shape index (κ3) is 2.91. The zero-order valence-electron chi connectivity index (χ0n) is 12.7. The fourth-order valence-corrected chi connectivity index (χ4v) is 3.31. The van der Waals surface area contributed by atoms with Gasteiger partial charge in [-0.25, -0.2) is 18.4 Å². The number of hydrogen-bond donors (Lipinski definition) is 0. The number of hydrogen-bond acceptors (Lipinski definition) is 6. The van der Waals surface area contributed by atoms with Gasteiger partial charge in [0.05, 0.1) is 23.1 Å². The maximum Gasteiger partial charge on any atom is 0.175 e. The summed E-state index contributed by atoms with van der Waals surface area (Å²) in [7, 11) is -3.26. The van der Waals surface area contributed by atoms with Gasteiger partial charge < -0.3 is 9.64 Å². The lowest BCUT2D eigenvalue weighted by Crippen LogP contribution is -2.42. The molecule has 1 saturated heterocycles. The lowest BCUT2D eigenvalue weighted by Gasteiger charge is -2.33. The highest BCUT2D eigenvalue weighted by Gasteiger charge is 2.22. The van der Waals surface area contributed by atoms with E-state index < -0.39 is 9.84 Å². The van der Waals surface area contributed by atoms with Crippen molar-refractivity contribution in [2.24, 2.45) is 0 Å². The summed E-state index contributed by atoms with van der Waals surface area (Å²) in [6.45, 7) is 4.24. The molecule has 0 aliphatic carbocycles. The molecule has 1 fully saturated rings. The Morgan fingerprint density at radius 3 is 2.91 bits per heavy atom. The van der Waals surface area contributed by atoms with Crippen molar-refractivity contribution in [3.8, 4) is 0 Å². The maximum absolute atomic E-state index is 11.8. The molecule has 6 nitrogen and oxygen atoms in total. The van der Waals surface area contributed by atoms with Crippen molar-refractivity contribution in [1.82, 2.24) is 9.97 Å². The fourth-order valence-electron chi connectivity index (χ4n) is 2.66. The van der Waals surface area contributed by atoms with E-state index >= 15 is 0 Å². The van der Waals surface area contributed by atoms with Crippen LogP contribution >= 0.6 is 0 Å². The number of sulfone groups is 1. The largest absolute Gasteiger partial charge is 0.375 e. The van der Waals surface area contributed by atoms with Gasteiger partial charge in [0, 0.05) is 24.7 Å². The van der Waals surface area contributed by atoms with Crippen molar-refractivity contribution >= 4 is 26.6 Å². The van der Waals surface area contributed by atoms with Gasteiger partial charge >= 0.3 is 0 Å². The summed E-state index contributed by atoms with van der Waals surface area (Å²) in [4.78, 5) is 11.1. The van der Waals surface area contributed by atoms with E-state index in [1.165, 1.54) is 12.6 Å². The lowest BCUT2D eigenvalue weighted by atomic mass is 10.2. The van der Waals surface area contributed by atoms with Crippen molar-refractivity contribution in [2.75, 3.05) is 30.9 Å². The quantitative estimate of drug-likeness (QED) is 0.856. The molecule has 0 spiro atoms. The van der Waals surface area contributed by atoms with Gasteiger partial charge in [0.1, 0.15) is 12.1 Å². The van der Waals surface area contributed by atoms with Crippen LogP contribution in [0.2, 0.25) is 0 Å². The van der Waals surface area contributed by atoms with Crippen LogP contribution in [0.4, 0.5) is 5.82 Å². The molecule has 1 aliphatic heterocycles. The second kappa shape index (κ2) is 5.81. The Bertz CT molecular complexity index is 792. The zero-order valence-corrected chi connectivity index (χ0v) is 13.5. The third-order valence-corrected chi connectivity index (χ3v) is 5.02. The summed E-state index contributed by atoms with van der Waals surface area (Å²) in [6, 6.07) is 4.98. The summed E-state index contributed by atoms with van der Waals surface area (Å²) in [5, 5.41) is 0.766. The SMILES string of the molecule is CCC1CN(c2ncnc3ccc(S(C)(=O)=O)cc23)CCO1. The second-order valence-corrected chi connectivity index (χ2v) is 7.51. The van der Waals surface area contributed by atoms with Gasteiger partial charge in [-0.1, -0.05) is 6.92 Å². The average Bonchev–Trinajstić information content (AvgIpc) is 2.53. The van der Waals surface area contributed by atoms with Crippen LogP contribution in [0, 0.1) is 0 Å². The van der Waals surface area contributed by atoms with Crippen LogP contribution in [0.25, 0.3) is 10.9 Å². The molecule has 0 bridgehead atoms. The van der Waals surface area contributed by atoms with Gasteiger partial charge in [0.2, 0.25) is 0 Å². The molecular weight excluding hydrogens is 302 g/mol. The van der Waals surface area contributed by atoms with Crippen molar-refractivity contribution in [3.63, 3.8) is 0 Å². The minimum atomic E-state index is -3.26. The molecule has 0 saturated carbocycles. The molecule has 1 unspecified atom stereocenters. The van der Waals surface area contributed by atoms with Crippen LogP contribution in [-0.2, 0) is 14.6 Å². The van der Waals surface area contributed by atoms with Crippen LogP contribution in [0.3, 0.4) is 0 Å². The van der Waals surface area contributed by atoms with Gasteiger partial charge in [-0.05, 0) is 24.6 Å². The molecule has 2 heterocycles. The van der Waals surface area contributed by atoms with Crippen molar-refractivity contribution in [3.05, 3.63) is 24.5 Å². The minimum Gasteiger partial charge on any atom is -0.375 e. The fraction of sp³-hybridized carbons (Fsp3) is 0.467. The monoisotopic (exact) mass is 321 g/mol. The van der Waals surface area contributed by atoms with Crippen molar-refractivity contribution < 1.29 is 13.2 Å². The molecule has 1 aliphatic rings. The summed E-state index contributed by atoms with van der Waals surface area (Å²) < 4.78 is 29.3. The third-order valence-electron chi connectivity index (χ3n) is 3.91. The van der Waals surface area contributed by atoms with E-state index in [0.717, 1.165) is 36.2 Å². The van der Waals surface area contributed by atoms with E-state index in [0.29, 0.717) is 6.61 Å². The lowest BCUT2D eigenvalue weighted by molar-refractivity contribution is 0.0382. The van der Waals surface area contributed by atoms with Gasteiger partial charge in [0.15, 0.2) is 9.84 Å².